The molecule has 1 fully saturated rings. The molecule has 0 bridgehead atoms. The molecule has 0 aromatic carbocycles. The first-order valence-electron chi connectivity index (χ1n) is 4.78. The number of hydrogen-bond acceptors (Lipinski definition) is 4. The van der Waals surface area contributed by atoms with Gasteiger partial charge in [0.2, 0.25) is 0 Å². The Morgan fingerprint density at radius 1 is 1.35 bits per heavy atom. The summed E-state index contributed by atoms with van der Waals surface area (Å²) in [6.45, 7) is 0. The molecule has 0 aliphatic heterocycles. The number of nitriles is 2. The van der Waals surface area contributed by atoms with Crippen LogP contribution in [-0.2, 0) is 9.53 Å². The van der Waals surface area contributed by atoms with Crippen molar-refractivity contribution in [3.05, 3.63) is 0 Å². The number of alkyl halides is 3. The zero-order valence-corrected chi connectivity index (χ0v) is 8.91. The number of hydrogen-bond donors (Lipinski definition) is 0. The summed E-state index contributed by atoms with van der Waals surface area (Å²) in [5.41, 5.74) is -2.23. The first-order valence-corrected chi connectivity index (χ1v) is 4.78. The van der Waals surface area contributed by atoms with E-state index in [1.165, 1.54) is 12.1 Å². The Hall–Kier alpha value is -1.76. The Morgan fingerprint density at radius 2 is 1.88 bits per heavy atom. The molecule has 0 aromatic heterocycles. The maximum absolute atomic E-state index is 12.8. The normalized spacial score (nSPS) is 20.6. The summed E-state index contributed by atoms with van der Waals surface area (Å²) in [5, 5.41) is 17.5. The van der Waals surface area contributed by atoms with E-state index in [0.717, 1.165) is 7.11 Å². The van der Waals surface area contributed by atoms with E-state index >= 15 is 0 Å². The van der Waals surface area contributed by atoms with Gasteiger partial charge in [0.25, 0.3) is 0 Å². The second kappa shape index (κ2) is 4.25. The van der Waals surface area contributed by atoms with Crippen LogP contribution in [0.25, 0.3) is 0 Å². The van der Waals surface area contributed by atoms with Gasteiger partial charge in [-0.1, -0.05) is 0 Å². The average Bonchev–Trinajstić information content (AvgIpc) is 3.04. The molecule has 0 amide bonds. The second-order valence-corrected chi connectivity index (χ2v) is 3.89. The minimum atomic E-state index is -4.59. The molecule has 0 saturated heterocycles. The lowest BCUT2D eigenvalue weighted by molar-refractivity contribution is -0.201. The minimum Gasteiger partial charge on any atom is -0.468 e. The molecule has 1 aliphatic rings. The van der Waals surface area contributed by atoms with Gasteiger partial charge in [-0.2, -0.15) is 23.7 Å². The first kappa shape index (κ1) is 13.3. The summed E-state index contributed by atoms with van der Waals surface area (Å²) in [6, 6.07) is 2.86. The largest absolute Gasteiger partial charge is 0.468 e. The van der Waals surface area contributed by atoms with Crippen molar-refractivity contribution in [3.8, 4) is 12.1 Å². The van der Waals surface area contributed by atoms with Gasteiger partial charge in [0.15, 0.2) is 5.92 Å². The highest BCUT2D eigenvalue weighted by atomic mass is 19.4. The van der Waals surface area contributed by atoms with Gasteiger partial charge in [-0.15, -0.1) is 0 Å². The Kier molecular flexibility index (Phi) is 3.33. The first-order chi connectivity index (χ1) is 7.84. The van der Waals surface area contributed by atoms with E-state index in [1.807, 2.05) is 0 Å². The fraction of sp³-hybridized carbons (Fsp3) is 0.700. The van der Waals surface area contributed by atoms with Gasteiger partial charge in [0.05, 0.1) is 30.6 Å². The number of nitrogens with zero attached hydrogens (tertiary/aromatic N) is 2. The molecule has 0 heterocycles. The summed E-state index contributed by atoms with van der Waals surface area (Å²) < 4.78 is 42.6. The van der Waals surface area contributed by atoms with Crippen molar-refractivity contribution in [2.75, 3.05) is 7.11 Å². The standard InChI is InChI=1S/C10H9F3N2O2/c1-17-8(16)6(4-14)7(5-15)9(2-3-9)10(11,12)13/h6-7H,2-3H2,1H3. The Balaban J connectivity index is 3.06. The zero-order valence-electron chi connectivity index (χ0n) is 8.91. The third-order valence-electron chi connectivity index (χ3n) is 3.02. The average molecular weight is 246 g/mol. The van der Waals surface area contributed by atoms with Crippen LogP contribution in [0.3, 0.4) is 0 Å². The summed E-state index contributed by atoms with van der Waals surface area (Å²) >= 11 is 0. The molecule has 2 atom stereocenters. The zero-order chi connectivity index (χ0) is 13.3. The van der Waals surface area contributed by atoms with Gasteiger partial charge in [0, 0.05) is 0 Å². The Labute approximate surface area is 95.6 Å². The fourth-order valence-electron chi connectivity index (χ4n) is 1.81. The predicted octanol–water partition coefficient (Wildman–Crippen LogP) is 1.78. The van der Waals surface area contributed by atoms with Crippen molar-refractivity contribution in [2.24, 2.45) is 17.3 Å². The van der Waals surface area contributed by atoms with Crippen LogP contribution in [0.4, 0.5) is 13.2 Å². The van der Waals surface area contributed by atoms with Crippen LogP contribution in [0.2, 0.25) is 0 Å². The van der Waals surface area contributed by atoms with E-state index in [0.29, 0.717) is 0 Å². The van der Waals surface area contributed by atoms with Gasteiger partial charge < -0.3 is 4.74 Å². The van der Waals surface area contributed by atoms with Crippen LogP contribution in [-0.4, -0.2) is 19.3 Å². The maximum Gasteiger partial charge on any atom is 0.395 e. The summed E-state index contributed by atoms with van der Waals surface area (Å²) in [6.07, 6.45) is -5.05. The lowest BCUT2D eigenvalue weighted by Gasteiger charge is -2.25. The summed E-state index contributed by atoms with van der Waals surface area (Å²) in [5.74, 6) is -4.51. The highest BCUT2D eigenvalue weighted by molar-refractivity contribution is 5.76. The van der Waals surface area contributed by atoms with Gasteiger partial charge in [-0.3, -0.25) is 4.79 Å². The maximum atomic E-state index is 12.8. The van der Waals surface area contributed by atoms with E-state index in [2.05, 4.69) is 4.74 Å². The van der Waals surface area contributed by atoms with Crippen molar-refractivity contribution in [2.45, 2.75) is 19.0 Å². The van der Waals surface area contributed by atoms with Crippen LogP contribution >= 0.6 is 0 Å². The monoisotopic (exact) mass is 246 g/mol. The van der Waals surface area contributed by atoms with E-state index in [4.69, 9.17) is 10.5 Å². The van der Waals surface area contributed by atoms with Crippen LogP contribution in [0.5, 0.6) is 0 Å². The molecule has 1 rings (SSSR count). The quantitative estimate of drug-likeness (QED) is 0.711. The molecular formula is C10H9F3N2O2. The molecule has 2 unspecified atom stereocenters. The molecule has 17 heavy (non-hydrogen) atoms. The van der Waals surface area contributed by atoms with Crippen molar-refractivity contribution in [3.63, 3.8) is 0 Å². The van der Waals surface area contributed by atoms with Gasteiger partial charge in [-0.25, -0.2) is 0 Å². The molecule has 0 aromatic rings. The third kappa shape index (κ3) is 2.05. The number of carbonyl (C=O) groups is 1. The van der Waals surface area contributed by atoms with E-state index in [9.17, 15) is 18.0 Å². The second-order valence-electron chi connectivity index (χ2n) is 3.89. The molecule has 92 valence electrons. The molecule has 1 aliphatic carbocycles. The summed E-state index contributed by atoms with van der Waals surface area (Å²) in [7, 11) is 0.967. The van der Waals surface area contributed by atoms with Crippen LogP contribution in [0.15, 0.2) is 0 Å². The lowest BCUT2D eigenvalue weighted by Crippen LogP contribution is -2.38. The number of halogens is 3. The molecular weight excluding hydrogens is 237 g/mol. The van der Waals surface area contributed by atoms with E-state index in [1.54, 1.807) is 0 Å². The van der Waals surface area contributed by atoms with Crippen LogP contribution < -0.4 is 0 Å². The highest BCUT2D eigenvalue weighted by Crippen LogP contribution is 2.63. The smallest absolute Gasteiger partial charge is 0.395 e. The fourth-order valence-corrected chi connectivity index (χ4v) is 1.81. The van der Waals surface area contributed by atoms with Crippen molar-refractivity contribution in [1.82, 2.24) is 0 Å². The number of methoxy groups -OCH3 is 1. The molecule has 0 radical (unpaired) electrons. The SMILES string of the molecule is COC(=O)C(C#N)C(C#N)C1(C(F)(F)F)CC1. The van der Waals surface area contributed by atoms with Gasteiger partial charge in [0.1, 0.15) is 0 Å². The molecule has 0 spiro atoms. The summed E-state index contributed by atoms with van der Waals surface area (Å²) in [4.78, 5) is 11.2. The Morgan fingerprint density at radius 3 is 2.12 bits per heavy atom. The van der Waals surface area contributed by atoms with E-state index < -0.39 is 29.4 Å². The van der Waals surface area contributed by atoms with Gasteiger partial charge in [-0.05, 0) is 12.8 Å². The topological polar surface area (TPSA) is 73.9 Å². The van der Waals surface area contributed by atoms with Gasteiger partial charge >= 0.3 is 12.1 Å². The van der Waals surface area contributed by atoms with Crippen molar-refractivity contribution < 1.29 is 22.7 Å². The number of esters is 1. The molecule has 7 heteroatoms. The molecule has 0 N–H and O–H groups in total. The number of rotatable bonds is 3. The Bertz CT molecular complexity index is 401. The predicted molar refractivity (Wildman–Crippen MR) is 47.9 cm³/mol. The minimum absolute atomic E-state index is 0.232. The highest BCUT2D eigenvalue weighted by Gasteiger charge is 2.69. The van der Waals surface area contributed by atoms with Crippen molar-refractivity contribution in [1.29, 1.82) is 10.5 Å². The van der Waals surface area contributed by atoms with Crippen molar-refractivity contribution >= 4 is 5.97 Å². The van der Waals surface area contributed by atoms with Crippen LogP contribution in [0, 0.1) is 39.9 Å². The lowest BCUT2D eigenvalue weighted by atomic mass is 9.80. The van der Waals surface area contributed by atoms with E-state index in [-0.39, 0.29) is 12.8 Å². The third-order valence-corrected chi connectivity index (χ3v) is 3.02. The van der Waals surface area contributed by atoms with Crippen LogP contribution in [0.1, 0.15) is 12.8 Å². The number of carbonyl (C=O) groups excluding carboxylic acids is 1. The number of ether oxygens (including phenoxy) is 1. The molecule has 4 nitrogen and oxygen atoms in total. The molecule has 1 saturated carbocycles.